The Labute approximate surface area is 107 Å². The van der Waals surface area contributed by atoms with Crippen molar-refractivity contribution in [2.24, 2.45) is 5.73 Å². The van der Waals surface area contributed by atoms with Crippen LogP contribution in [0.4, 0.5) is 4.79 Å². The average Bonchev–Trinajstić information content (AvgIpc) is 2.73. The van der Waals surface area contributed by atoms with Crippen molar-refractivity contribution in [3.63, 3.8) is 0 Å². The van der Waals surface area contributed by atoms with Crippen molar-refractivity contribution in [2.75, 3.05) is 26.2 Å². The molecule has 1 heterocycles. The highest BCUT2D eigenvalue weighted by atomic mass is 16.5. The molecule has 98 valence electrons. The lowest BCUT2D eigenvalue weighted by molar-refractivity contribution is 0.205. The number of hydrogen-bond donors (Lipinski definition) is 2. The van der Waals surface area contributed by atoms with Crippen LogP contribution in [-0.4, -0.2) is 37.2 Å². The van der Waals surface area contributed by atoms with Crippen LogP contribution in [-0.2, 0) is 0 Å². The number of nitrogens with zero attached hydrogens (tertiary/aromatic N) is 1. The number of benzene rings is 1. The molecule has 1 atom stereocenters. The van der Waals surface area contributed by atoms with E-state index in [-0.39, 0.29) is 12.1 Å². The quantitative estimate of drug-likeness (QED) is 0.821. The number of nitrogens with one attached hydrogen (secondary N) is 1. The van der Waals surface area contributed by atoms with Crippen LogP contribution in [0.2, 0.25) is 0 Å². The van der Waals surface area contributed by atoms with Gasteiger partial charge in [0.05, 0.1) is 12.6 Å². The zero-order valence-electron chi connectivity index (χ0n) is 10.6. The minimum atomic E-state index is -0.0488. The topological polar surface area (TPSA) is 67.6 Å². The predicted molar refractivity (Wildman–Crippen MR) is 69.5 cm³/mol. The van der Waals surface area contributed by atoms with E-state index in [1.807, 2.05) is 31.2 Å². The Hall–Kier alpha value is -1.75. The molecule has 0 aliphatic carbocycles. The van der Waals surface area contributed by atoms with E-state index in [9.17, 15) is 4.79 Å². The molecule has 1 fully saturated rings. The number of carbonyl (C=O) groups is 1. The third-order valence-corrected chi connectivity index (χ3v) is 3.01. The fourth-order valence-electron chi connectivity index (χ4n) is 2.21. The highest BCUT2D eigenvalue weighted by Crippen LogP contribution is 2.26. The molecule has 0 bridgehead atoms. The first-order valence-electron chi connectivity index (χ1n) is 6.23. The van der Waals surface area contributed by atoms with Gasteiger partial charge >= 0.3 is 6.03 Å². The minimum absolute atomic E-state index is 0.0430. The maximum Gasteiger partial charge on any atom is 0.318 e. The summed E-state index contributed by atoms with van der Waals surface area (Å²) in [4.78, 5) is 13.5. The molecule has 1 saturated heterocycles. The molecule has 0 aromatic heterocycles. The van der Waals surface area contributed by atoms with E-state index in [0.717, 1.165) is 11.3 Å². The van der Waals surface area contributed by atoms with Crippen LogP contribution in [0.25, 0.3) is 0 Å². The fourth-order valence-corrected chi connectivity index (χ4v) is 2.21. The predicted octanol–water partition coefficient (Wildman–Crippen LogP) is 1.11. The van der Waals surface area contributed by atoms with Crippen LogP contribution in [0, 0.1) is 0 Å². The third-order valence-electron chi connectivity index (χ3n) is 3.01. The van der Waals surface area contributed by atoms with Crippen molar-refractivity contribution >= 4 is 6.03 Å². The van der Waals surface area contributed by atoms with Crippen molar-refractivity contribution in [2.45, 2.75) is 13.0 Å². The Balaban J connectivity index is 2.19. The summed E-state index contributed by atoms with van der Waals surface area (Å²) in [5.74, 6) is 0.835. The van der Waals surface area contributed by atoms with Crippen molar-refractivity contribution in [3.8, 4) is 5.75 Å². The summed E-state index contributed by atoms with van der Waals surface area (Å²) in [6, 6.07) is 7.86. The summed E-state index contributed by atoms with van der Waals surface area (Å²) in [5, 5.41) is 2.85. The Kier molecular flexibility index (Phi) is 4.04. The molecule has 0 radical (unpaired) electrons. The summed E-state index contributed by atoms with van der Waals surface area (Å²) in [7, 11) is 0. The van der Waals surface area contributed by atoms with Gasteiger partial charge in [-0.15, -0.1) is 0 Å². The van der Waals surface area contributed by atoms with E-state index in [1.54, 1.807) is 4.90 Å². The van der Waals surface area contributed by atoms with Gasteiger partial charge in [-0.1, -0.05) is 12.1 Å². The van der Waals surface area contributed by atoms with E-state index in [2.05, 4.69) is 5.32 Å². The van der Waals surface area contributed by atoms with Gasteiger partial charge in [-0.3, -0.25) is 0 Å². The first kappa shape index (κ1) is 12.7. The number of hydrogen-bond acceptors (Lipinski definition) is 3. The maximum atomic E-state index is 11.7. The number of nitrogens with two attached hydrogens (primary N) is 1. The third kappa shape index (κ3) is 2.56. The van der Waals surface area contributed by atoms with Crippen LogP contribution in [0.3, 0.4) is 0 Å². The van der Waals surface area contributed by atoms with Gasteiger partial charge in [0.2, 0.25) is 0 Å². The van der Waals surface area contributed by atoms with E-state index in [0.29, 0.717) is 26.2 Å². The minimum Gasteiger partial charge on any atom is -0.494 e. The molecule has 1 unspecified atom stereocenters. The Bertz CT molecular complexity index is 422. The molecule has 18 heavy (non-hydrogen) atoms. The smallest absolute Gasteiger partial charge is 0.318 e. The molecule has 1 aliphatic rings. The van der Waals surface area contributed by atoms with Crippen LogP contribution >= 0.6 is 0 Å². The zero-order valence-corrected chi connectivity index (χ0v) is 10.6. The first-order chi connectivity index (χ1) is 8.76. The maximum absolute atomic E-state index is 11.7. The summed E-state index contributed by atoms with van der Waals surface area (Å²) < 4.78 is 5.48. The molecule has 1 aliphatic heterocycles. The molecular formula is C13H19N3O2. The van der Waals surface area contributed by atoms with Gasteiger partial charge < -0.3 is 20.7 Å². The summed E-state index contributed by atoms with van der Waals surface area (Å²) in [6.45, 7) is 4.24. The summed E-state index contributed by atoms with van der Waals surface area (Å²) in [6.07, 6.45) is 0. The van der Waals surface area contributed by atoms with Gasteiger partial charge in [0.15, 0.2) is 0 Å². The first-order valence-corrected chi connectivity index (χ1v) is 6.23. The van der Waals surface area contributed by atoms with Crippen LogP contribution in [0.15, 0.2) is 24.3 Å². The zero-order chi connectivity index (χ0) is 13.0. The standard InChI is InChI=1S/C13H19N3O2/c1-2-18-11-5-3-4-10(8-11)12-9-15-13(17)16(12)7-6-14/h3-5,8,12H,2,6-7,9,14H2,1H3,(H,15,17). The molecule has 0 saturated carbocycles. The van der Waals surface area contributed by atoms with Gasteiger partial charge in [0, 0.05) is 19.6 Å². The highest BCUT2D eigenvalue weighted by molar-refractivity contribution is 5.77. The molecule has 5 heteroatoms. The highest BCUT2D eigenvalue weighted by Gasteiger charge is 2.31. The molecule has 2 amide bonds. The van der Waals surface area contributed by atoms with E-state index < -0.39 is 0 Å². The SMILES string of the molecule is CCOc1cccc(C2CNC(=O)N2CCN)c1. The Morgan fingerprint density at radius 3 is 3.11 bits per heavy atom. The number of rotatable bonds is 5. The number of ether oxygens (including phenoxy) is 1. The Morgan fingerprint density at radius 2 is 2.39 bits per heavy atom. The molecule has 2 rings (SSSR count). The monoisotopic (exact) mass is 249 g/mol. The van der Waals surface area contributed by atoms with Gasteiger partial charge in [-0.05, 0) is 24.6 Å². The molecule has 3 N–H and O–H groups in total. The molecular weight excluding hydrogens is 230 g/mol. The van der Waals surface area contributed by atoms with Gasteiger partial charge in [-0.2, -0.15) is 0 Å². The lowest BCUT2D eigenvalue weighted by atomic mass is 10.1. The average molecular weight is 249 g/mol. The fraction of sp³-hybridized carbons (Fsp3) is 0.462. The van der Waals surface area contributed by atoms with E-state index >= 15 is 0 Å². The van der Waals surface area contributed by atoms with E-state index in [1.165, 1.54) is 0 Å². The van der Waals surface area contributed by atoms with Crippen LogP contribution in [0.5, 0.6) is 5.75 Å². The van der Waals surface area contributed by atoms with Crippen molar-refractivity contribution in [1.82, 2.24) is 10.2 Å². The van der Waals surface area contributed by atoms with Gasteiger partial charge in [0.1, 0.15) is 5.75 Å². The normalized spacial score (nSPS) is 18.9. The van der Waals surface area contributed by atoms with Crippen molar-refractivity contribution in [1.29, 1.82) is 0 Å². The second-order valence-electron chi connectivity index (χ2n) is 4.19. The lowest BCUT2D eigenvalue weighted by Gasteiger charge is -2.23. The lowest BCUT2D eigenvalue weighted by Crippen LogP contribution is -2.34. The van der Waals surface area contributed by atoms with Crippen LogP contribution < -0.4 is 15.8 Å². The second kappa shape index (κ2) is 5.73. The molecule has 0 spiro atoms. The molecule has 1 aromatic rings. The Morgan fingerprint density at radius 1 is 1.56 bits per heavy atom. The van der Waals surface area contributed by atoms with E-state index in [4.69, 9.17) is 10.5 Å². The van der Waals surface area contributed by atoms with Crippen molar-refractivity contribution in [3.05, 3.63) is 29.8 Å². The van der Waals surface area contributed by atoms with Crippen LogP contribution in [0.1, 0.15) is 18.5 Å². The summed E-state index contributed by atoms with van der Waals surface area (Å²) >= 11 is 0. The van der Waals surface area contributed by atoms with Gasteiger partial charge in [-0.25, -0.2) is 4.79 Å². The molecule has 1 aromatic carbocycles. The number of carbonyl (C=O) groups excluding carboxylic acids is 1. The largest absolute Gasteiger partial charge is 0.494 e. The summed E-state index contributed by atoms with van der Waals surface area (Å²) in [5.41, 5.74) is 6.62. The second-order valence-corrected chi connectivity index (χ2v) is 4.19. The van der Waals surface area contributed by atoms with Gasteiger partial charge in [0.25, 0.3) is 0 Å². The van der Waals surface area contributed by atoms with Crippen molar-refractivity contribution < 1.29 is 9.53 Å². The number of amides is 2. The number of urea groups is 1. The molecule has 5 nitrogen and oxygen atoms in total.